The minimum Gasteiger partial charge on any atom is -0.465 e. The van der Waals surface area contributed by atoms with Crippen molar-refractivity contribution in [3.8, 4) is 0 Å². The summed E-state index contributed by atoms with van der Waals surface area (Å²) in [5.41, 5.74) is 0.156. The molecule has 0 spiro atoms. The number of hydrogen-bond acceptors (Lipinski definition) is 2. The van der Waals surface area contributed by atoms with Crippen LogP contribution in [0.1, 0.15) is 19.8 Å². The van der Waals surface area contributed by atoms with Crippen LogP contribution in [0.25, 0.3) is 0 Å². The van der Waals surface area contributed by atoms with E-state index in [4.69, 9.17) is 5.11 Å². The number of carbonyl (C=O) groups is 1. The van der Waals surface area contributed by atoms with Gasteiger partial charge < -0.3 is 15.7 Å². The first-order valence-corrected chi connectivity index (χ1v) is 4.30. The summed E-state index contributed by atoms with van der Waals surface area (Å²) in [6, 6.07) is 0. The number of amides is 1. The lowest BCUT2D eigenvalue weighted by Crippen LogP contribution is -2.42. The van der Waals surface area contributed by atoms with Gasteiger partial charge in [-0.15, -0.1) is 0 Å². The monoisotopic (exact) mass is 172 g/mol. The van der Waals surface area contributed by atoms with Crippen LogP contribution in [0, 0.1) is 5.41 Å². The minimum absolute atomic E-state index is 0.156. The van der Waals surface area contributed by atoms with Gasteiger partial charge in [0.2, 0.25) is 0 Å². The molecule has 0 aromatic rings. The van der Waals surface area contributed by atoms with Crippen LogP contribution in [-0.4, -0.2) is 30.8 Å². The van der Waals surface area contributed by atoms with Gasteiger partial charge in [0.15, 0.2) is 0 Å². The lowest BCUT2D eigenvalue weighted by Gasteiger charge is -2.33. The molecule has 1 aliphatic rings. The number of piperidine rings is 1. The van der Waals surface area contributed by atoms with Gasteiger partial charge in [-0.3, -0.25) is 0 Å². The van der Waals surface area contributed by atoms with Crippen molar-refractivity contribution in [1.29, 1.82) is 0 Å². The van der Waals surface area contributed by atoms with Crippen LogP contribution in [0.15, 0.2) is 0 Å². The van der Waals surface area contributed by atoms with E-state index in [0.29, 0.717) is 6.54 Å². The quantitative estimate of drug-likeness (QED) is 0.573. The molecule has 0 unspecified atom stereocenters. The summed E-state index contributed by atoms with van der Waals surface area (Å²) in [4.78, 5) is 10.3. The van der Waals surface area contributed by atoms with Gasteiger partial charge in [0.1, 0.15) is 0 Å². The molecule has 0 aliphatic carbocycles. The van der Waals surface area contributed by atoms with Crippen molar-refractivity contribution in [2.45, 2.75) is 19.8 Å². The number of rotatable bonds is 2. The largest absolute Gasteiger partial charge is 0.465 e. The lowest BCUT2D eigenvalue weighted by molar-refractivity contribution is 0.175. The normalized spacial score (nSPS) is 21.8. The van der Waals surface area contributed by atoms with Crippen LogP contribution >= 0.6 is 0 Å². The van der Waals surface area contributed by atoms with Gasteiger partial charge in [0.05, 0.1) is 0 Å². The molecule has 4 nitrogen and oxygen atoms in total. The van der Waals surface area contributed by atoms with Gasteiger partial charge in [-0.2, -0.15) is 0 Å². The summed E-state index contributed by atoms with van der Waals surface area (Å²) in [5, 5.41) is 14.1. The smallest absolute Gasteiger partial charge is 0.404 e. The highest BCUT2D eigenvalue weighted by Gasteiger charge is 2.26. The SMILES string of the molecule is CC1(CNC(=O)O)CCNCC1. The third-order valence-corrected chi connectivity index (χ3v) is 2.48. The second-order valence-corrected chi connectivity index (χ2v) is 3.72. The maximum Gasteiger partial charge on any atom is 0.404 e. The molecule has 1 aliphatic heterocycles. The highest BCUT2D eigenvalue weighted by Crippen LogP contribution is 2.26. The minimum atomic E-state index is -0.922. The fourth-order valence-corrected chi connectivity index (χ4v) is 1.50. The molecule has 0 aromatic heterocycles. The maximum absolute atomic E-state index is 10.3. The second-order valence-electron chi connectivity index (χ2n) is 3.72. The van der Waals surface area contributed by atoms with Crippen LogP contribution in [0.5, 0.6) is 0 Å². The van der Waals surface area contributed by atoms with E-state index in [1.54, 1.807) is 0 Å². The molecular weight excluding hydrogens is 156 g/mol. The van der Waals surface area contributed by atoms with Gasteiger partial charge >= 0.3 is 6.09 Å². The predicted molar refractivity (Wildman–Crippen MR) is 46.2 cm³/mol. The van der Waals surface area contributed by atoms with Crippen LogP contribution < -0.4 is 10.6 Å². The molecule has 1 heterocycles. The van der Waals surface area contributed by atoms with E-state index in [1.165, 1.54) is 0 Å². The molecule has 0 saturated carbocycles. The molecule has 0 bridgehead atoms. The van der Waals surface area contributed by atoms with Gasteiger partial charge in [0, 0.05) is 6.54 Å². The Kier molecular flexibility index (Phi) is 2.92. The second kappa shape index (κ2) is 3.76. The number of nitrogens with one attached hydrogen (secondary N) is 2. The van der Waals surface area contributed by atoms with Gasteiger partial charge in [-0.1, -0.05) is 6.92 Å². The molecule has 0 radical (unpaired) electrons. The van der Waals surface area contributed by atoms with Gasteiger partial charge in [-0.25, -0.2) is 4.79 Å². The first-order valence-electron chi connectivity index (χ1n) is 4.30. The molecule has 1 fully saturated rings. The summed E-state index contributed by atoms with van der Waals surface area (Å²) in [5.74, 6) is 0. The highest BCUT2D eigenvalue weighted by molar-refractivity contribution is 5.64. The fourth-order valence-electron chi connectivity index (χ4n) is 1.50. The molecule has 12 heavy (non-hydrogen) atoms. The molecule has 0 aromatic carbocycles. The topological polar surface area (TPSA) is 61.4 Å². The van der Waals surface area contributed by atoms with E-state index in [-0.39, 0.29) is 5.41 Å². The Morgan fingerprint density at radius 3 is 2.67 bits per heavy atom. The standard InChI is InChI=1S/C8H16N2O2/c1-8(6-10-7(11)12)2-4-9-5-3-8/h9-10H,2-6H2,1H3,(H,11,12). The lowest BCUT2D eigenvalue weighted by atomic mass is 9.81. The molecule has 3 N–H and O–H groups in total. The molecule has 1 rings (SSSR count). The Hall–Kier alpha value is -0.770. The van der Waals surface area contributed by atoms with Crippen molar-refractivity contribution in [3.05, 3.63) is 0 Å². The van der Waals surface area contributed by atoms with Crippen molar-refractivity contribution in [2.75, 3.05) is 19.6 Å². The Morgan fingerprint density at radius 1 is 1.58 bits per heavy atom. The number of carboxylic acid groups (broad SMARTS) is 1. The maximum atomic E-state index is 10.3. The molecular formula is C8H16N2O2. The summed E-state index contributed by atoms with van der Waals surface area (Å²) in [7, 11) is 0. The zero-order valence-corrected chi connectivity index (χ0v) is 7.39. The Balaban J connectivity index is 2.31. The summed E-state index contributed by atoms with van der Waals surface area (Å²) < 4.78 is 0. The molecule has 0 atom stereocenters. The van der Waals surface area contributed by atoms with Gasteiger partial charge in [-0.05, 0) is 31.3 Å². The van der Waals surface area contributed by atoms with E-state index in [2.05, 4.69) is 17.6 Å². The molecule has 70 valence electrons. The van der Waals surface area contributed by atoms with E-state index < -0.39 is 6.09 Å². The Bertz CT molecular complexity index is 164. The van der Waals surface area contributed by atoms with Crippen molar-refractivity contribution in [1.82, 2.24) is 10.6 Å². The van der Waals surface area contributed by atoms with Crippen LogP contribution in [0.3, 0.4) is 0 Å². The highest BCUT2D eigenvalue weighted by atomic mass is 16.4. The average Bonchev–Trinajstić information content (AvgIpc) is 2.03. The number of hydrogen-bond donors (Lipinski definition) is 3. The van der Waals surface area contributed by atoms with E-state index >= 15 is 0 Å². The zero-order valence-electron chi connectivity index (χ0n) is 7.39. The Labute approximate surface area is 72.3 Å². The van der Waals surface area contributed by atoms with Crippen molar-refractivity contribution in [3.63, 3.8) is 0 Å². The fraction of sp³-hybridized carbons (Fsp3) is 0.875. The first-order chi connectivity index (χ1) is 5.62. The van der Waals surface area contributed by atoms with E-state index in [1.807, 2.05) is 0 Å². The van der Waals surface area contributed by atoms with Crippen LogP contribution in [-0.2, 0) is 0 Å². The van der Waals surface area contributed by atoms with E-state index in [9.17, 15) is 4.79 Å². The Morgan fingerprint density at radius 2 is 2.17 bits per heavy atom. The molecule has 4 heteroatoms. The zero-order chi connectivity index (χ0) is 9.03. The summed E-state index contributed by atoms with van der Waals surface area (Å²) in [6.45, 7) is 4.70. The third kappa shape index (κ3) is 2.70. The first kappa shape index (κ1) is 9.32. The molecule has 1 amide bonds. The molecule has 1 saturated heterocycles. The van der Waals surface area contributed by atoms with Crippen molar-refractivity contribution < 1.29 is 9.90 Å². The van der Waals surface area contributed by atoms with Crippen molar-refractivity contribution >= 4 is 6.09 Å². The third-order valence-electron chi connectivity index (χ3n) is 2.48. The average molecular weight is 172 g/mol. The van der Waals surface area contributed by atoms with E-state index in [0.717, 1.165) is 25.9 Å². The van der Waals surface area contributed by atoms with Crippen LogP contribution in [0.4, 0.5) is 4.79 Å². The summed E-state index contributed by atoms with van der Waals surface area (Å²) >= 11 is 0. The van der Waals surface area contributed by atoms with Crippen LogP contribution in [0.2, 0.25) is 0 Å². The van der Waals surface area contributed by atoms with Gasteiger partial charge in [0.25, 0.3) is 0 Å². The summed E-state index contributed by atoms with van der Waals surface area (Å²) in [6.07, 6.45) is 1.18. The predicted octanol–water partition coefficient (Wildman–Crippen LogP) is 0.644. The van der Waals surface area contributed by atoms with Crippen molar-refractivity contribution in [2.24, 2.45) is 5.41 Å².